The summed E-state index contributed by atoms with van der Waals surface area (Å²) in [5.74, 6) is 1.40. The van der Waals surface area contributed by atoms with Crippen LogP contribution in [0.4, 0.5) is 26.3 Å². The van der Waals surface area contributed by atoms with Crippen LogP contribution < -0.4 is 38.4 Å². The maximum absolute atomic E-state index is 14.1. The van der Waals surface area contributed by atoms with Crippen LogP contribution in [0, 0.1) is 17.8 Å². The Balaban J connectivity index is 0.0000130. The zero-order chi connectivity index (χ0) is 37.3. The number of alkyl halides is 6. The molecular weight excluding hydrogens is 684 g/mol. The zero-order valence-electron chi connectivity index (χ0n) is 32.6. The maximum atomic E-state index is 14.1. The summed E-state index contributed by atoms with van der Waals surface area (Å²) in [6, 6.07) is 4.92. The summed E-state index contributed by atoms with van der Waals surface area (Å²) in [5, 5.41) is 0.140. The molecule has 0 bridgehead atoms. The molecular formula is C39H58F6LiO4P. The minimum absolute atomic E-state index is 0. The Bertz CT molecular complexity index is 1240. The second-order valence-corrected chi connectivity index (χ2v) is 14.4. The van der Waals surface area contributed by atoms with Gasteiger partial charge in [0, 0.05) is 17.7 Å². The standard InChI is InChI=1S/C39H57F6O4P.Li.H/c1-7-13-17-27(10-4)24-47-30-22-33(48-25-28(11-5)18-14-8-2)36(34(23-30)49-26-29(12-6)19-15-9-3)50-37(46)35-31(38(40,41)42)20-16-21-32(35)39(43,44)45;;/h16,20-23,27-29,50H,7-15,17-19,24-26H2,1-6H3;;/q;+1;-1. The van der Waals surface area contributed by atoms with Crippen molar-refractivity contribution in [2.75, 3.05) is 19.8 Å². The van der Waals surface area contributed by atoms with Gasteiger partial charge in [-0.15, -0.1) is 0 Å². The van der Waals surface area contributed by atoms with Gasteiger partial charge in [-0.2, -0.15) is 26.3 Å². The SMILES string of the molecule is CCCCC(CC)COc1cc(OCC(CC)CCCC)c(PC(=O)c2c(C(F)(F)F)cccc2C(F)(F)F)c(OCC(CC)CCCC)c1.[H-].[Li+]. The van der Waals surface area contributed by atoms with Crippen LogP contribution in [0.3, 0.4) is 0 Å². The number of hydrogen-bond donors (Lipinski definition) is 0. The van der Waals surface area contributed by atoms with Crippen molar-refractivity contribution < 1.29 is 65.6 Å². The Kier molecular flexibility index (Phi) is 21.9. The molecule has 2 aromatic rings. The summed E-state index contributed by atoms with van der Waals surface area (Å²) < 4.78 is 104. The predicted octanol–water partition coefficient (Wildman–Crippen LogP) is 9.77. The normalized spacial score (nSPS) is 13.9. The van der Waals surface area contributed by atoms with E-state index in [-0.39, 0.29) is 62.1 Å². The third-order valence-electron chi connectivity index (χ3n) is 9.24. The van der Waals surface area contributed by atoms with Crippen LogP contribution in [-0.2, 0) is 12.4 Å². The Morgan fingerprint density at radius 1 is 0.667 bits per heavy atom. The fraction of sp³-hybridized carbons (Fsp3) is 0.667. The summed E-state index contributed by atoms with van der Waals surface area (Å²) in [5.41, 5.74) is -5.93. The number of carbonyl (C=O) groups excluding carboxylic acids is 1. The number of rotatable bonds is 24. The van der Waals surface area contributed by atoms with Crippen LogP contribution in [0.15, 0.2) is 30.3 Å². The molecule has 51 heavy (non-hydrogen) atoms. The Hall–Kier alpha value is -1.88. The second-order valence-electron chi connectivity index (χ2n) is 13.2. The van der Waals surface area contributed by atoms with E-state index in [0.717, 1.165) is 77.0 Å². The van der Waals surface area contributed by atoms with Crippen LogP contribution in [0.2, 0.25) is 0 Å². The molecule has 0 aliphatic rings. The Morgan fingerprint density at radius 3 is 1.37 bits per heavy atom. The van der Waals surface area contributed by atoms with Crippen molar-refractivity contribution in [2.45, 2.75) is 131 Å². The smallest absolute Gasteiger partial charge is 1.00 e. The molecule has 0 aromatic heterocycles. The van der Waals surface area contributed by atoms with Crippen molar-refractivity contribution in [1.82, 2.24) is 0 Å². The van der Waals surface area contributed by atoms with Crippen LogP contribution in [0.1, 0.15) is 142 Å². The van der Waals surface area contributed by atoms with Crippen molar-refractivity contribution in [3.63, 3.8) is 0 Å². The summed E-state index contributed by atoms with van der Waals surface area (Å²) in [4.78, 5) is 13.8. The second kappa shape index (κ2) is 23.7. The maximum Gasteiger partial charge on any atom is 1.00 e. The number of halogens is 6. The third kappa shape index (κ3) is 15.6. The van der Waals surface area contributed by atoms with Crippen molar-refractivity contribution in [2.24, 2.45) is 17.8 Å². The summed E-state index contributed by atoms with van der Waals surface area (Å²) in [6.07, 6.45) is 0.998. The number of ether oxygens (including phenoxy) is 3. The molecule has 2 aromatic carbocycles. The van der Waals surface area contributed by atoms with E-state index in [4.69, 9.17) is 14.2 Å². The van der Waals surface area contributed by atoms with Crippen LogP contribution in [-0.4, -0.2) is 25.3 Å². The summed E-state index contributed by atoms with van der Waals surface area (Å²) >= 11 is 0. The molecule has 0 saturated heterocycles. The van der Waals surface area contributed by atoms with Crippen molar-refractivity contribution in [3.8, 4) is 17.2 Å². The van der Waals surface area contributed by atoms with Gasteiger partial charge in [0.25, 0.3) is 0 Å². The van der Waals surface area contributed by atoms with Crippen LogP contribution in [0.25, 0.3) is 0 Å². The molecule has 12 heteroatoms. The molecule has 0 saturated carbocycles. The largest absolute Gasteiger partial charge is 1.00 e. The van der Waals surface area contributed by atoms with Gasteiger partial charge in [-0.1, -0.05) is 105 Å². The molecule has 0 aliphatic carbocycles. The fourth-order valence-corrected chi connectivity index (χ4v) is 6.93. The number of hydrogen-bond acceptors (Lipinski definition) is 4. The molecule has 0 fully saturated rings. The van der Waals surface area contributed by atoms with E-state index in [0.29, 0.717) is 36.5 Å². The molecule has 4 nitrogen and oxygen atoms in total. The first-order valence-corrected chi connectivity index (χ1v) is 19.4. The van der Waals surface area contributed by atoms with Gasteiger partial charge < -0.3 is 15.6 Å². The first-order chi connectivity index (χ1) is 23.7. The van der Waals surface area contributed by atoms with Gasteiger partial charge in [-0.05, 0) is 57.7 Å². The van der Waals surface area contributed by atoms with Gasteiger partial charge in [-0.25, -0.2) is 0 Å². The van der Waals surface area contributed by atoms with Crippen molar-refractivity contribution >= 4 is 19.4 Å². The predicted molar refractivity (Wildman–Crippen MR) is 193 cm³/mol. The van der Waals surface area contributed by atoms with E-state index in [1.54, 1.807) is 12.1 Å². The molecule has 4 unspecified atom stereocenters. The zero-order valence-corrected chi connectivity index (χ0v) is 32.6. The van der Waals surface area contributed by atoms with E-state index in [9.17, 15) is 31.1 Å². The van der Waals surface area contributed by atoms with Crippen LogP contribution in [0.5, 0.6) is 17.2 Å². The average molecular weight is 743 g/mol. The van der Waals surface area contributed by atoms with E-state index >= 15 is 0 Å². The minimum Gasteiger partial charge on any atom is -1.00 e. The average Bonchev–Trinajstić information content (AvgIpc) is 3.08. The van der Waals surface area contributed by atoms with Gasteiger partial charge in [-0.3, -0.25) is 4.79 Å². The van der Waals surface area contributed by atoms with E-state index in [2.05, 4.69) is 27.7 Å². The molecule has 0 N–H and O–H groups in total. The number of carbonyl (C=O) groups is 1. The molecule has 2 rings (SSSR count). The molecule has 0 spiro atoms. The molecule has 286 valence electrons. The van der Waals surface area contributed by atoms with Crippen LogP contribution >= 0.6 is 8.58 Å². The molecule has 0 aliphatic heterocycles. The molecule has 4 atom stereocenters. The Labute approximate surface area is 317 Å². The number of unbranched alkanes of at least 4 members (excludes halogenated alkanes) is 3. The van der Waals surface area contributed by atoms with Gasteiger partial charge in [0.05, 0.1) is 36.3 Å². The molecule has 0 radical (unpaired) electrons. The monoisotopic (exact) mass is 742 g/mol. The summed E-state index contributed by atoms with van der Waals surface area (Å²) in [7, 11) is -1.14. The Morgan fingerprint density at radius 2 is 1.04 bits per heavy atom. The van der Waals surface area contributed by atoms with Crippen molar-refractivity contribution in [1.29, 1.82) is 0 Å². The molecule has 0 amide bonds. The minimum atomic E-state index is -5.18. The van der Waals surface area contributed by atoms with Gasteiger partial charge in [0.1, 0.15) is 17.2 Å². The van der Waals surface area contributed by atoms with E-state index < -0.39 is 43.1 Å². The first-order valence-electron chi connectivity index (χ1n) is 18.4. The summed E-state index contributed by atoms with van der Waals surface area (Å²) in [6.45, 7) is 13.4. The topological polar surface area (TPSA) is 44.8 Å². The number of benzene rings is 2. The van der Waals surface area contributed by atoms with E-state index in [1.807, 2.05) is 13.8 Å². The quantitative estimate of drug-likeness (QED) is 0.0611. The van der Waals surface area contributed by atoms with Gasteiger partial charge in [0.2, 0.25) is 0 Å². The molecule has 0 heterocycles. The van der Waals surface area contributed by atoms with Gasteiger partial charge >= 0.3 is 31.2 Å². The van der Waals surface area contributed by atoms with E-state index in [1.165, 1.54) is 0 Å². The van der Waals surface area contributed by atoms with Crippen molar-refractivity contribution in [3.05, 3.63) is 47.0 Å². The first kappa shape index (κ1) is 47.1. The van der Waals surface area contributed by atoms with Gasteiger partial charge in [0.15, 0.2) is 5.52 Å². The fourth-order valence-electron chi connectivity index (χ4n) is 5.77. The third-order valence-corrected chi connectivity index (χ3v) is 10.5.